The second-order valence-electron chi connectivity index (χ2n) is 5.05. The number of hydrogen-bond acceptors (Lipinski definition) is 5. The monoisotopic (exact) mass is 332 g/mol. The van der Waals surface area contributed by atoms with Gasteiger partial charge in [0, 0.05) is 24.2 Å². The number of halogens is 3. The smallest absolute Gasteiger partial charge is 0.366 e. The summed E-state index contributed by atoms with van der Waals surface area (Å²) >= 11 is 0. The van der Waals surface area contributed by atoms with Crippen LogP contribution in [0.15, 0.2) is 30.7 Å². The fourth-order valence-electron chi connectivity index (χ4n) is 2.17. The van der Waals surface area contributed by atoms with Gasteiger partial charge in [-0.1, -0.05) is 0 Å². The Morgan fingerprint density at radius 1 is 1.17 bits per heavy atom. The molecule has 0 saturated carbocycles. The maximum absolute atomic E-state index is 12.7. The Bertz CT molecular complexity index is 909. The van der Waals surface area contributed by atoms with Crippen LogP contribution in [0.3, 0.4) is 0 Å². The van der Waals surface area contributed by atoms with Gasteiger partial charge in [0.25, 0.3) is 0 Å². The molecule has 0 aliphatic rings. The van der Waals surface area contributed by atoms with E-state index in [1.807, 2.05) is 6.07 Å². The largest absolute Gasteiger partial charge is 0.431 e. The predicted octanol–water partition coefficient (Wildman–Crippen LogP) is 3.05. The summed E-state index contributed by atoms with van der Waals surface area (Å²) < 4.78 is 38.1. The van der Waals surface area contributed by atoms with Gasteiger partial charge in [-0.2, -0.15) is 18.4 Å². The van der Waals surface area contributed by atoms with Gasteiger partial charge in [-0.05, 0) is 17.7 Å². The Morgan fingerprint density at radius 2 is 2.00 bits per heavy atom. The van der Waals surface area contributed by atoms with Gasteiger partial charge in [0.05, 0.1) is 18.2 Å². The minimum Gasteiger partial charge on any atom is -0.366 e. The van der Waals surface area contributed by atoms with Crippen molar-refractivity contribution in [1.29, 1.82) is 5.26 Å². The Labute approximate surface area is 134 Å². The van der Waals surface area contributed by atoms with Crippen molar-refractivity contribution < 1.29 is 13.2 Å². The number of anilines is 1. The zero-order valence-corrected chi connectivity index (χ0v) is 12.2. The number of nitrogens with zero attached hydrogens (tertiary/aromatic N) is 4. The van der Waals surface area contributed by atoms with Gasteiger partial charge in [0.15, 0.2) is 0 Å². The van der Waals surface area contributed by atoms with E-state index in [1.165, 1.54) is 12.5 Å². The molecular weight excluding hydrogens is 321 g/mol. The van der Waals surface area contributed by atoms with Crippen molar-refractivity contribution in [2.24, 2.45) is 0 Å². The maximum atomic E-state index is 12.7. The summed E-state index contributed by atoms with van der Waals surface area (Å²) in [5.74, 6) is 0.528. The van der Waals surface area contributed by atoms with E-state index >= 15 is 0 Å². The molecule has 0 aromatic carbocycles. The molecule has 0 spiro atoms. The minimum atomic E-state index is -4.43. The highest BCUT2D eigenvalue weighted by molar-refractivity contribution is 5.77. The molecule has 122 valence electrons. The molecule has 6 nitrogen and oxygen atoms in total. The van der Waals surface area contributed by atoms with Crippen LogP contribution in [0.4, 0.5) is 19.0 Å². The summed E-state index contributed by atoms with van der Waals surface area (Å²) in [5.41, 5.74) is 0.649. The zero-order valence-electron chi connectivity index (χ0n) is 12.2. The highest BCUT2D eigenvalue weighted by Crippen LogP contribution is 2.30. The first-order valence-corrected chi connectivity index (χ1v) is 6.92. The fraction of sp³-hybridized carbons (Fsp3) is 0.200. The van der Waals surface area contributed by atoms with Crippen LogP contribution in [0.5, 0.6) is 0 Å². The molecule has 9 heteroatoms. The van der Waals surface area contributed by atoms with Crippen LogP contribution in [0, 0.1) is 11.3 Å². The van der Waals surface area contributed by atoms with Gasteiger partial charge >= 0.3 is 6.18 Å². The summed E-state index contributed by atoms with van der Waals surface area (Å²) in [7, 11) is 0. The molecule has 0 fully saturated rings. The van der Waals surface area contributed by atoms with E-state index in [0.717, 1.165) is 6.07 Å². The molecule has 0 radical (unpaired) electrons. The second-order valence-corrected chi connectivity index (χ2v) is 5.05. The summed E-state index contributed by atoms with van der Waals surface area (Å²) in [4.78, 5) is 14.2. The number of nitriles is 1. The first-order valence-electron chi connectivity index (χ1n) is 6.92. The van der Waals surface area contributed by atoms with Gasteiger partial charge in [-0.3, -0.25) is 0 Å². The van der Waals surface area contributed by atoms with Gasteiger partial charge in [-0.15, -0.1) is 0 Å². The van der Waals surface area contributed by atoms with E-state index in [-0.39, 0.29) is 12.1 Å². The van der Waals surface area contributed by atoms with E-state index in [9.17, 15) is 13.2 Å². The second kappa shape index (κ2) is 6.16. The number of rotatable bonds is 4. The Balaban J connectivity index is 1.76. The highest BCUT2D eigenvalue weighted by Gasteiger charge is 2.32. The third kappa shape index (κ3) is 3.43. The number of aromatic nitrogens is 4. The summed E-state index contributed by atoms with van der Waals surface area (Å²) in [6, 6.07) is 6.30. The number of H-pyrrole nitrogens is 1. The van der Waals surface area contributed by atoms with Crippen molar-refractivity contribution in [2.45, 2.75) is 19.1 Å². The number of pyridine rings is 1. The van der Waals surface area contributed by atoms with Crippen LogP contribution in [0.25, 0.3) is 11.0 Å². The van der Waals surface area contributed by atoms with Crippen molar-refractivity contribution in [3.63, 3.8) is 0 Å². The van der Waals surface area contributed by atoms with Gasteiger partial charge < -0.3 is 10.3 Å². The molecular formula is C15H11F3N6. The molecule has 3 aromatic rings. The number of fused-ring (bicyclic) bond motifs is 1. The van der Waals surface area contributed by atoms with Crippen molar-refractivity contribution in [3.05, 3.63) is 47.7 Å². The number of aromatic amines is 1. The molecule has 0 aliphatic carbocycles. The van der Waals surface area contributed by atoms with Crippen LogP contribution in [0.1, 0.15) is 17.0 Å². The lowest BCUT2D eigenvalue weighted by molar-refractivity contribution is -0.140. The van der Waals surface area contributed by atoms with Crippen molar-refractivity contribution in [1.82, 2.24) is 19.9 Å². The maximum Gasteiger partial charge on any atom is 0.431 e. The van der Waals surface area contributed by atoms with Crippen molar-refractivity contribution in [3.8, 4) is 6.07 Å². The van der Waals surface area contributed by atoms with Gasteiger partial charge in [0.1, 0.15) is 23.5 Å². The van der Waals surface area contributed by atoms with E-state index in [1.54, 1.807) is 12.1 Å². The average molecular weight is 332 g/mol. The lowest BCUT2D eigenvalue weighted by Crippen LogP contribution is -2.04. The topological polar surface area (TPSA) is 90.3 Å². The highest BCUT2D eigenvalue weighted by atomic mass is 19.4. The third-order valence-corrected chi connectivity index (χ3v) is 3.29. The third-order valence-electron chi connectivity index (χ3n) is 3.29. The van der Waals surface area contributed by atoms with E-state index in [0.29, 0.717) is 29.0 Å². The van der Waals surface area contributed by atoms with Crippen LogP contribution in [0.2, 0.25) is 0 Å². The van der Waals surface area contributed by atoms with Gasteiger partial charge in [-0.25, -0.2) is 15.0 Å². The molecule has 0 saturated heterocycles. The molecule has 0 bridgehead atoms. The molecule has 0 unspecified atom stereocenters. The number of alkyl halides is 3. The molecule has 3 aromatic heterocycles. The first-order chi connectivity index (χ1) is 11.5. The van der Waals surface area contributed by atoms with Gasteiger partial charge in [0.2, 0.25) is 0 Å². The summed E-state index contributed by atoms with van der Waals surface area (Å²) in [5, 5.41) is 12.1. The van der Waals surface area contributed by atoms with Crippen LogP contribution in [-0.2, 0) is 19.1 Å². The standard InChI is InChI=1S/C15H11F3N6/c16-15(17,18)12-4-10-3-9(7-21-14(10)24-12)6-20-13-5-11(1-2-19)22-8-23-13/h3-5,7-8H,1,6H2,(H,21,24)(H,20,22,23). The van der Waals surface area contributed by atoms with Crippen LogP contribution < -0.4 is 5.32 Å². The molecule has 0 aliphatic heterocycles. The molecule has 0 amide bonds. The SMILES string of the molecule is N#CCc1cc(NCc2cnc3[nH]c(C(F)(F)F)cc3c2)ncn1. The number of hydrogen-bond donors (Lipinski definition) is 2. The zero-order chi connectivity index (χ0) is 17.2. The molecule has 3 rings (SSSR count). The van der Waals surface area contributed by atoms with E-state index < -0.39 is 11.9 Å². The summed E-state index contributed by atoms with van der Waals surface area (Å²) in [6.07, 6.45) is -1.42. The fourth-order valence-corrected chi connectivity index (χ4v) is 2.17. The lowest BCUT2D eigenvalue weighted by atomic mass is 10.2. The molecule has 0 atom stereocenters. The lowest BCUT2D eigenvalue weighted by Gasteiger charge is -2.06. The van der Waals surface area contributed by atoms with Crippen molar-refractivity contribution in [2.75, 3.05) is 5.32 Å². The Kier molecular flexibility index (Phi) is 4.04. The minimum absolute atomic E-state index is 0.175. The Morgan fingerprint density at radius 3 is 2.75 bits per heavy atom. The van der Waals surface area contributed by atoms with E-state index in [4.69, 9.17) is 5.26 Å². The first kappa shape index (κ1) is 15.7. The average Bonchev–Trinajstić information content (AvgIpc) is 2.97. The number of nitrogens with one attached hydrogen (secondary N) is 2. The van der Waals surface area contributed by atoms with Crippen molar-refractivity contribution >= 4 is 16.9 Å². The molecule has 24 heavy (non-hydrogen) atoms. The quantitative estimate of drug-likeness (QED) is 0.766. The molecule has 2 N–H and O–H groups in total. The van der Waals surface area contributed by atoms with E-state index in [2.05, 4.69) is 25.3 Å². The summed E-state index contributed by atoms with van der Waals surface area (Å²) in [6.45, 7) is 0.332. The van der Waals surface area contributed by atoms with Crippen LogP contribution in [-0.4, -0.2) is 19.9 Å². The molecule has 3 heterocycles. The predicted molar refractivity (Wildman–Crippen MR) is 79.8 cm³/mol. The van der Waals surface area contributed by atoms with Crippen LogP contribution >= 0.6 is 0 Å². The Hall–Kier alpha value is -3.15. The normalized spacial score (nSPS) is 11.4.